The van der Waals surface area contributed by atoms with Gasteiger partial charge in [-0.05, 0) is 61.6 Å². The van der Waals surface area contributed by atoms with Gasteiger partial charge in [-0.2, -0.15) is 0 Å². The van der Waals surface area contributed by atoms with Gasteiger partial charge in [0.15, 0.2) is 0 Å². The number of methoxy groups -OCH3 is 1. The largest absolute Gasteiger partial charge is 0.508 e. The van der Waals surface area contributed by atoms with Gasteiger partial charge in [0.25, 0.3) is 11.7 Å². The summed E-state index contributed by atoms with van der Waals surface area (Å²) in [7, 11) is 1.52. The third-order valence-electron chi connectivity index (χ3n) is 6.54. The lowest BCUT2D eigenvalue weighted by Crippen LogP contribution is -2.40. The number of benzene rings is 2. The predicted molar refractivity (Wildman–Crippen MR) is 122 cm³/mol. The molecule has 1 aliphatic carbocycles. The molecule has 0 bridgehead atoms. The van der Waals surface area contributed by atoms with E-state index < -0.39 is 17.7 Å². The number of carbonyl (C=O) groups excluding carboxylic acids is 2. The van der Waals surface area contributed by atoms with Gasteiger partial charge in [-0.3, -0.25) is 9.59 Å². The Hall–Kier alpha value is -3.28. The van der Waals surface area contributed by atoms with Crippen LogP contribution in [0.25, 0.3) is 5.76 Å². The SMILES string of the molecule is COc1c(C)cc(C)cc1/C(O)=C1\C(=O)C(=O)N(C2CCCCC2)C1c1ccc(O)cc1. The lowest BCUT2D eigenvalue weighted by molar-refractivity contribution is -0.141. The van der Waals surface area contributed by atoms with E-state index in [4.69, 9.17) is 4.74 Å². The summed E-state index contributed by atoms with van der Waals surface area (Å²) in [6.07, 6.45) is 4.77. The molecule has 1 atom stereocenters. The molecule has 2 N–H and O–H groups in total. The molecule has 1 unspecified atom stereocenters. The maximum atomic E-state index is 13.3. The van der Waals surface area contributed by atoms with Crippen molar-refractivity contribution in [2.75, 3.05) is 7.11 Å². The van der Waals surface area contributed by atoms with Crippen LogP contribution in [0.1, 0.15) is 60.4 Å². The second-order valence-electron chi connectivity index (χ2n) is 8.75. The van der Waals surface area contributed by atoms with Crippen LogP contribution in [0.3, 0.4) is 0 Å². The molecule has 168 valence electrons. The number of rotatable bonds is 4. The third kappa shape index (κ3) is 3.74. The maximum absolute atomic E-state index is 13.3. The lowest BCUT2D eigenvalue weighted by Gasteiger charge is -2.35. The number of aliphatic hydroxyl groups excluding tert-OH is 1. The van der Waals surface area contributed by atoms with Crippen molar-refractivity contribution < 1.29 is 24.5 Å². The maximum Gasteiger partial charge on any atom is 0.295 e. The molecule has 6 heteroatoms. The van der Waals surface area contributed by atoms with Gasteiger partial charge in [-0.15, -0.1) is 0 Å². The molecule has 0 spiro atoms. The average Bonchev–Trinajstić information content (AvgIpc) is 3.04. The Labute approximate surface area is 188 Å². The number of hydrogen-bond donors (Lipinski definition) is 2. The average molecular weight is 436 g/mol. The van der Waals surface area contributed by atoms with E-state index >= 15 is 0 Å². The fourth-order valence-electron chi connectivity index (χ4n) is 5.12. The molecule has 0 aromatic heterocycles. The zero-order chi connectivity index (χ0) is 23.0. The van der Waals surface area contributed by atoms with E-state index in [1.54, 1.807) is 23.1 Å². The Morgan fingerprint density at radius 3 is 2.31 bits per heavy atom. The van der Waals surface area contributed by atoms with Crippen LogP contribution in [0, 0.1) is 13.8 Å². The van der Waals surface area contributed by atoms with Crippen molar-refractivity contribution in [3.8, 4) is 11.5 Å². The number of hydrogen-bond acceptors (Lipinski definition) is 5. The fourth-order valence-corrected chi connectivity index (χ4v) is 5.12. The Morgan fingerprint density at radius 1 is 1.03 bits per heavy atom. The minimum absolute atomic E-state index is 0.0644. The molecule has 2 aromatic carbocycles. The van der Waals surface area contributed by atoms with Crippen molar-refractivity contribution in [2.24, 2.45) is 0 Å². The highest BCUT2D eigenvalue weighted by Crippen LogP contribution is 2.44. The van der Waals surface area contributed by atoms with Crippen LogP contribution in [0.4, 0.5) is 0 Å². The summed E-state index contributed by atoms with van der Waals surface area (Å²) in [6.45, 7) is 3.78. The summed E-state index contributed by atoms with van der Waals surface area (Å²) in [5.74, 6) is -0.934. The molecule has 2 aromatic rings. The summed E-state index contributed by atoms with van der Waals surface area (Å²) in [6, 6.07) is 9.40. The summed E-state index contributed by atoms with van der Waals surface area (Å²) in [5, 5.41) is 21.2. The number of Topliss-reactive ketones (excluding diaryl/α,β-unsaturated/α-hetero) is 1. The van der Waals surface area contributed by atoms with Gasteiger partial charge in [0.2, 0.25) is 0 Å². The number of likely N-dealkylation sites (tertiary alicyclic amines) is 1. The molecule has 6 nitrogen and oxygen atoms in total. The number of nitrogens with zero attached hydrogens (tertiary/aromatic N) is 1. The minimum Gasteiger partial charge on any atom is -0.508 e. The number of ether oxygens (including phenoxy) is 1. The molecular formula is C26H29NO5. The normalized spacial score (nSPS) is 21.2. The number of amides is 1. The molecular weight excluding hydrogens is 406 g/mol. The molecule has 1 saturated heterocycles. The van der Waals surface area contributed by atoms with E-state index in [0.29, 0.717) is 16.9 Å². The number of phenols is 1. The van der Waals surface area contributed by atoms with Gasteiger partial charge in [-0.25, -0.2) is 0 Å². The topological polar surface area (TPSA) is 87.1 Å². The second-order valence-corrected chi connectivity index (χ2v) is 8.75. The van der Waals surface area contributed by atoms with Gasteiger partial charge in [0, 0.05) is 6.04 Å². The van der Waals surface area contributed by atoms with E-state index in [1.807, 2.05) is 19.9 Å². The monoisotopic (exact) mass is 435 g/mol. The van der Waals surface area contributed by atoms with E-state index in [9.17, 15) is 19.8 Å². The number of phenolic OH excluding ortho intramolecular Hbond substituents is 1. The molecule has 1 amide bonds. The summed E-state index contributed by atoms with van der Waals surface area (Å²) < 4.78 is 5.54. The molecule has 2 aliphatic rings. The standard InChI is InChI=1S/C26H29NO5/c1-15-13-16(2)25(32-3)20(14-15)23(29)21-22(17-9-11-19(28)12-10-17)27(26(31)24(21)30)18-7-5-4-6-8-18/h9-14,18,22,28-29H,4-8H2,1-3H3/b23-21+. The molecule has 1 heterocycles. The number of aromatic hydroxyl groups is 1. The number of carbonyl (C=O) groups is 2. The van der Waals surface area contributed by atoms with Crippen LogP contribution in [0.2, 0.25) is 0 Å². The summed E-state index contributed by atoms with van der Waals surface area (Å²) in [5.41, 5.74) is 2.88. The van der Waals surface area contributed by atoms with Crippen molar-refractivity contribution in [1.29, 1.82) is 0 Å². The smallest absolute Gasteiger partial charge is 0.295 e. The Balaban J connectivity index is 1.93. The highest BCUT2D eigenvalue weighted by Gasteiger charge is 2.49. The van der Waals surface area contributed by atoms with Crippen molar-refractivity contribution >= 4 is 17.4 Å². The minimum atomic E-state index is -0.718. The van der Waals surface area contributed by atoms with Crippen LogP contribution < -0.4 is 4.74 Å². The fraction of sp³-hybridized carbons (Fsp3) is 0.385. The summed E-state index contributed by atoms with van der Waals surface area (Å²) >= 11 is 0. The molecule has 32 heavy (non-hydrogen) atoms. The highest BCUT2D eigenvalue weighted by molar-refractivity contribution is 6.46. The quantitative estimate of drug-likeness (QED) is 0.410. The van der Waals surface area contributed by atoms with E-state index in [-0.39, 0.29) is 23.1 Å². The summed E-state index contributed by atoms with van der Waals surface area (Å²) in [4.78, 5) is 28.2. The molecule has 1 aliphatic heterocycles. The first-order valence-electron chi connectivity index (χ1n) is 11.1. The Bertz CT molecular complexity index is 1080. The molecule has 4 rings (SSSR count). The van der Waals surface area contributed by atoms with Crippen LogP contribution in [-0.4, -0.2) is 40.0 Å². The second kappa shape index (κ2) is 8.69. The Kier molecular flexibility index (Phi) is 5.96. The first-order chi connectivity index (χ1) is 15.3. The number of aliphatic hydroxyl groups is 1. The first-order valence-corrected chi connectivity index (χ1v) is 11.1. The zero-order valence-corrected chi connectivity index (χ0v) is 18.7. The van der Waals surface area contributed by atoms with Crippen molar-refractivity contribution in [3.63, 3.8) is 0 Å². The van der Waals surface area contributed by atoms with Gasteiger partial charge in [-0.1, -0.05) is 37.5 Å². The van der Waals surface area contributed by atoms with Crippen LogP contribution >= 0.6 is 0 Å². The van der Waals surface area contributed by atoms with Crippen molar-refractivity contribution in [1.82, 2.24) is 4.90 Å². The van der Waals surface area contributed by atoms with Gasteiger partial charge >= 0.3 is 0 Å². The third-order valence-corrected chi connectivity index (χ3v) is 6.54. The van der Waals surface area contributed by atoms with Gasteiger partial charge in [0.05, 0.1) is 24.3 Å². The van der Waals surface area contributed by atoms with Crippen LogP contribution in [0.15, 0.2) is 42.0 Å². The lowest BCUT2D eigenvalue weighted by atomic mass is 9.90. The van der Waals surface area contributed by atoms with E-state index in [1.165, 1.54) is 19.2 Å². The Morgan fingerprint density at radius 2 is 1.69 bits per heavy atom. The molecule has 0 radical (unpaired) electrons. The van der Waals surface area contributed by atoms with E-state index in [2.05, 4.69) is 0 Å². The van der Waals surface area contributed by atoms with E-state index in [0.717, 1.165) is 43.2 Å². The van der Waals surface area contributed by atoms with Crippen LogP contribution in [0.5, 0.6) is 11.5 Å². The van der Waals surface area contributed by atoms with Crippen molar-refractivity contribution in [3.05, 3.63) is 64.2 Å². The zero-order valence-electron chi connectivity index (χ0n) is 18.7. The van der Waals surface area contributed by atoms with Crippen LogP contribution in [-0.2, 0) is 9.59 Å². The molecule has 1 saturated carbocycles. The van der Waals surface area contributed by atoms with Gasteiger partial charge in [0.1, 0.15) is 17.3 Å². The van der Waals surface area contributed by atoms with Gasteiger partial charge < -0.3 is 19.8 Å². The number of ketones is 1. The highest BCUT2D eigenvalue weighted by atomic mass is 16.5. The van der Waals surface area contributed by atoms with Crippen molar-refractivity contribution in [2.45, 2.75) is 58.0 Å². The number of aryl methyl sites for hydroxylation is 2. The molecule has 2 fully saturated rings. The predicted octanol–water partition coefficient (Wildman–Crippen LogP) is 4.77. The first kappa shape index (κ1) is 21.9.